The van der Waals surface area contributed by atoms with Gasteiger partial charge in [0.2, 0.25) is 0 Å². The third kappa shape index (κ3) is 2.89. The molecule has 0 bridgehead atoms. The molecule has 2 heterocycles. The van der Waals surface area contributed by atoms with Crippen LogP contribution in [0.1, 0.15) is 25.7 Å². The Bertz CT molecular complexity index is 171. The van der Waals surface area contributed by atoms with Gasteiger partial charge in [0.1, 0.15) is 0 Å². The van der Waals surface area contributed by atoms with E-state index in [0.717, 1.165) is 12.0 Å². The predicted octanol–water partition coefficient (Wildman–Crippen LogP) is 2.99. The summed E-state index contributed by atoms with van der Waals surface area (Å²) >= 11 is 5.76. The zero-order chi connectivity index (χ0) is 9.80. The van der Waals surface area contributed by atoms with Crippen LogP contribution in [-0.4, -0.2) is 40.9 Å². The first-order valence-corrected chi connectivity index (χ1v) is 8.05. The number of rotatable bonds is 2. The van der Waals surface area contributed by atoms with Crippen LogP contribution in [0, 0.1) is 5.92 Å². The van der Waals surface area contributed by atoms with E-state index >= 15 is 0 Å². The van der Waals surface area contributed by atoms with Gasteiger partial charge >= 0.3 is 0 Å². The third-order valence-electron chi connectivity index (χ3n) is 3.48. The van der Waals surface area contributed by atoms with Crippen LogP contribution in [0.2, 0.25) is 0 Å². The average molecular weight is 278 g/mol. The summed E-state index contributed by atoms with van der Waals surface area (Å²) in [4.78, 5) is 2.76. The predicted molar refractivity (Wildman–Crippen MR) is 68.4 cm³/mol. The van der Waals surface area contributed by atoms with Crippen LogP contribution in [0.5, 0.6) is 0 Å². The maximum Gasteiger partial charge on any atom is 0.0111 e. The molecule has 0 aromatic rings. The van der Waals surface area contributed by atoms with Crippen LogP contribution in [0.15, 0.2) is 0 Å². The van der Waals surface area contributed by atoms with Gasteiger partial charge in [-0.05, 0) is 49.7 Å². The molecule has 2 aliphatic heterocycles. The summed E-state index contributed by atoms with van der Waals surface area (Å²) in [5, 5.41) is 1.20. The lowest BCUT2D eigenvalue weighted by atomic mass is 9.97. The largest absolute Gasteiger partial charge is 0.300 e. The molecule has 0 saturated carbocycles. The maximum absolute atomic E-state index is 3.63. The SMILES string of the molecule is BrC[C@H]1CCCN(C2CCSCC2)C1. The van der Waals surface area contributed by atoms with E-state index in [4.69, 9.17) is 0 Å². The highest BCUT2D eigenvalue weighted by Gasteiger charge is 2.26. The fraction of sp³-hybridized carbons (Fsp3) is 1.00. The van der Waals surface area contributed by atoms with E-state index in [1.807, 2.05) is 0 Å². The third-order valence-corrected chi connectivity index (χ3v) is 5.44. The smallest absolute Gasteiger partial charge is 0.0111 e. The van der Waals surface area contributed by atoms with Crippen molar-refractivity contribution in [3.63, 3.8) is 0 Å². The van der Waals surface area contributed by atoms with Gasteiger partial charge in [0, 0.05) is 17.9 Å². The van der Waals surface area contributed by atoms with Crippen molar-refractivity contribution in [2.45, 2.75) is 31.7 Å². The molecular weight excluding hydrogens is 258 g/mol. The summed E-state index contributed by atoms with van der Waals surface area (Å²) in [5.41, 5.74) is 0. The molecule has 1 atom stereocenters. The highest BCUT2D eigenvalue weighted by molar-refractivity contribution is 9.09. The fourth-order valence-electron chi connectivity index (χ4n) is 2.61. The summed E-state index contributed by atoms with van der Waals surface area (Å²) in [6.07, 6.45) is 5.71. The summed E-state index contributed by atoms with van der Waals surface area (Å²) in [7, 11) is 0. The van der Waals surface area contributed by atoms with E-state index < -0.39 is 0 Å². The summed E-state index contributed by atoms with van der Waals surface area (Å²) in [6.45, 7) is 2.71. The van der Waals surface area contributed by atoms with Crippen LogP contribution >= 0.6 is 27.7 Å². The maximum atomic E-state index is 3.63. The zero-order valence-corrected chi connectivity index (χ0v) is 11.2. The Hall–Kier alpha value is 0.790. The van der Waals surface area contributed by atoms with Crippen LogP contribution in [0.3, 0.4) is 0 Å². The molecule has 82 valence electrons. The van der Waals surface area contributed by atoms with E-state index in [9.17, 15) is 0 Å². The molecule has 0 aromatic heterocycles. The first-order chi connectivity index (χ1) is 6.90. The second-order valence-corrected chi connectivity index (χ2v) is 6.37. The molecule has 0 aliphatic carbocycles. The minimum atomic E-state index is 0.915. The first kappa shape index (κ1) is 11.3. The van der Waals surface area contributed by atoms with Gasteiger partial charge in [0.05, 0.1) is 0 Å². The molecule has 2 rings (SSSR count). The van der Waals surface area contributed by atoms with Gasteiger partial charge < -0.3 is 4.90 Å². The molecule has 1 nitrogen and oxygen atoms in total. The number of alkyl halides is 1. The number of thioether (sulfide) groups is 1. The molecule has 3 heteroatoms. The molecule has 0 amide bonds. The molecule has 14 heavy (non-hydrogen) atoms. The second kappa shape index (κ2) is 5.76. The summed E-state index contributed by atoms with van der Waals surface area (Å²) in [6, 6.07) is 0.915. The minimum absolute atomic E-state index is 0.915. The Morgan fingerprint density at radius 3 is 2.71 bits per heavy atom. The Morgan fingerprint density at radius 2 is 2.00 bits per heavy atom. The van der Waals surface area contributed by atoms with E-state index in [0.29, 0.717) is 0 Å². The Morgan fingerprint density at radius 1 is 1.21 bits per heavy atom. The van der Waals surface area contributed by atoms with Crippen molar-refractivity contribution in [2.75, 3.05) is 29.9 Å². The first-order valence-electron chi connectivity index (χ1n) is 5.78. The number of piperidine rings is 1. The van der Waals surface area contributed by atoms with Crippen molar-refractivity contribution in [3.8, 4) is 0 Å². The van der Waals surface area contributed by atoms with Crippen LogP contribution in [0.25, 0.3) is 0 Å². The highest BCUT2D eigenvalue weighted by atomic mass is 79.9. The summed E-state index contributed by atoms with van der Waals surface area (Å²) in [5.74, 6) is 3.69. The lowest BCUT2D eigenvalue weighted by molar-refractivity contribution is 0.125. The normalized spacial score (nSPS) is 31.9. The lowest BCUT2D eigenvalue weighted by Gasteiger charge is -2.39. The number of nitrogens with zero attached hydrogens (tertiary/aromatic N) is 1. The van der Waals surface area contributed by atoms with Gasteiger partial charge in [0.25, 0.3) is 0 Å². The lowest BCUT2D eigenvalue weighted by Crippen LogP contribution is -2.44. The molecule has 2 aliphatic rings. The van der Waals surface area contributed by atoms with Gasteiger partial charge in [-0.25, -0.2) is 0 Å². The van der Waals surface area contributed by atoms with Crippen molar-refractivity contribution < 1.29 is 0 Å². The van der Waals surface area contributed by atoms with Gasteiger partial charge in [-0.2, -0.15) is 11.8 Å². The molecule has 2 saturated heterocycles. The van der Waals surface area contributed by atoms with E-state index in [2.05, 4.69) is 32.6 Å². The van der Waals surface area contributed by atoms with Gasteiger partial charge in [-0.15, -0.1) is 0 Å². The fourth-order valence-corrected chi connectivity index (χ4v) is 4.22. The Labute approximate surface area is 100 Å². The molecule has 0 unspecified atom stereocenters. The number of halogens is 1. The van der Waals surface area contributed by atoms with Crippen molar-refractivity contribution in [2.24, 2.45) is 5.92 Å². The van der Waals surface area contributed by atoms with Crippen molar-refractivity contribution in [1.82, 2.24) is 4.90 Å². The average Bonchev–Trinajstić information content (AvgIpc) is 2.30. The summed E-state index contributed by atoms with van der Waals surface area (Å²) < 4.78 is 0. The van der Waals surface area contributed by atoms with Gasteiger partial charge in [-0.1, -0.05) is 15.9 Å². The van der Waals surface area contributed by atoms with Crippen LogP contribution in [0.4, 0.5) is 0 Å². The van der Waals surface area contributed by atoms with E-state index in [1.165, 1.54) is 55.6 Å². The number of hydrogen-bond acceptors (Lipinski definition) is 2. The van der Waals surface area contributed by atoms with Crippen molar-refractivity contribution in [3.05, 3.63) is 0 Å². The molecule has 2 fully saturated rings. The topological polar surface area (TPSA) is 3.24 Å². The molecule has 0 spiro atoms. The Balaban J connectivity index is 1.83. The highest BCUT2D eigenvalue weighted by Crippen LogP contribution is 2.26. The molecular formula is C11H20BrNS. The van der Waals surface area contributed by atoms with Crippen molar-refractivity contribution >= 4 is 27.7 Å². The minimum Gasteiger partial charge on any atom is -0.300 e. The standard InChI is InChI=1S/C11H20BrNS/c12-8-10-2-1-5-13(9-10)11-3-6-14-7-4-11/h10-11H,1-9H2/t10-/m1/s1. The van der Waals surface area contributed by atoms with Crippen molar-refractivity contribution in [1.29, 1.82) is 0 Å². The monoisotopic (exact) mass is 277 g/mol. The second-order valence-electron chi connectivity index (χ2n) is 4.50. The van der Waals surface area contributed by atoms with E-state index in [1.54, 1.807) is 0 Å². The zero-order valence-electron chi connectivity index (χ0n) is 8.75. The molecule has 0 N–H and O–H groups in total. The number of hydrogen-bond donors (Lipinski definition) is 0. The molecule has 0 radical (unpaired) electrons. The van der Waals surface area contributed by atoms with E-state index in [-0.39, 0.29) is 0 Å². The number of likely N-dealkylation sites (tertiary alicyclic amines) is 1. The van der Waals surface area contributed by atoms with Crippen LogP contribution in [-0.2, 0) is 0 Å². The van der Waals surface area contributed by atoms with Crippen LogP contribution < -0.4 is 0 Å². The van der Waals surface area contributed by atoms with Gasteiger partial charge in [0.15, 0.2) is 0 Å². The quantitative estimate of drug-likeness (QED) is 0.714. The molecule has 0 aromatic carbocycles. The Kier molecular flexibility index (Phi) is 4.64. The van der Waals surface area contributed by atoms with Gasteiger partial charge in [-0.3, -0.25) is 0 Å².